The molecule has 0 saturated carbocycles. The van der Waals surface area contributed by atoms with Gasteiger partial charge in [-0.05, 0) is 19.3 Å². The van der Waals surface area contributed by atoms with Gasteiger partial charge in [0.25, 0.3) is 0 Å². The van der Waals surface area contributed by atoms with Gasteiger partial charge < -0.3 is 10.5 Å². The minimum Gasteiger partial charge on any atom is -0.384 e. The molecule has 2 nitrogen and oxygen atoms in total. The lowest BCUT2D eigenvalue weighted by molar-refractivity contribution is 0.153. The molecule has 0 aromatic rings. The molecule has 0 fully saturated rings. The molecule has 0 aromatic carbocycles. The quantitative estimate of drug-likeness (QED) is 0.618. The number of rotatable bonds is 4. The van der Waals surface area contributed by atoms with Gasteiger partial charge in [-0.1, -0.05) is 6.92 Å². The van der Waals surface area contributed by atoms with E-state index in [2.05, 4.69) is 6.92 Å². The molecule has 2 atom stereocenters. The molecule has 0 bridgehead atoms. The fraction of sp³-hybridized carbons (Fsp3) is 1.00. The molecular formula is C7H17NO. The Bertz CT molecular complexity index is 63.9. The van der Waals surface area contributed by atoms with Gasteiger partial charge in [0.2, 0.25) is 0 Å². The largest absolute Gasteiger partial charge is 0.384 e. The molecule has 2 unspecified atom stereocenters. The van der Waals surface area contributed by atoms with Gasteiger partial charge in [-0.3, -0.25) is 0 Å². The third-order valence-electron chi connectivity index (χ3n) is 1.23. The first kappa shape index (κ1) is 8.92. The van der Waals surface area contributed by atoms with Crippen LogP contribution in [0.2, 0.25) is 0 Å². The van der Waals surface area contributed by atoms with E-state index in [9.17, 15) is 0 Å². The monoisotopic (exact) mass is 131 g/mol. The lowest BCUT2D eigenvalue weighted by Crippen LogP contribution is -2.20. The third-order valence-corrected chi connectivity index (χ3v) is 1.23. The van der Waals surface area contributed by atoms with E-state index in [0.717, 1.165) is 13.0 Å². The van der Waals surface area contributed by atoms with Crippen molar-refractivity contribution in [3.05, 3.63) is 0 Å². The topological polar surface area (TPSA) is 35.2 Å². The van der Waals surface area contributed by atoms with Crippen LogP contribution in [0.1, 0.15) is 20.3 Å². The Morgan fingerprint density at radius 1 is 1.44 bits per heavy atom. The molecule has 56 valence electrons. The Morgan fingerprint density at radius 2 is 2.00 bits per heavy atom. The molecule has 0 aliphatic heterocycles. The van der Waals surface area contributed by atoms with Crippen molar-refractivity contribution in [1.29, 1.82) is 0 Å². The summed E-state index contributed by atoms with van der Waals surface area (Å²) in [6.45, 7) is 4.99. The lowest BCUT2D eigenvalue weighted by atomic mass is 10.1. The smallest absolute Gasteiger partial charge is 0.0488 e. The summed E-state index contributed by atoms with van der Waals surface area (Å²) < 4.78 is 4.95. The average molecular weight is 131 g/mol. The standard InChI is InChI=1S/C7H17NO/c1-6(5-9-3)4-7(2)8/h6-7H,4-5,8H2,1-3H3. The number of ether oxygens (including phenoxy) is 1. The third kappa shape index (κ3) is 5.80. The maximum Gasteiger partial charge on any atom is 0.0488 e. The molecule has 9 heavy (non-hydrogen) atoms. The zero-order valence-corrected chi connectivity index (χ0v) is 6.55. The second kappa shape index (κ2) is 4.77. The van der Waals surface area contributed by atoms with E-state index in [1.54, 1.807) is 7.11 Å². The van der Waals surface area contributed by atoms with Crippen LogP contribution in [0, 0.1) is 5.92 Å². The van der Waals surface area contributed by atoms with Crippen LogP contribution in [-0.4, -0.2) is 19.8 Å². The highest BCUT2D eigenvalue weighted by Gasteiger charge is 2.02. The van der Waals surface area contributed by atoms with Crippen molar-refractivity contribution in [3.8, 4) is 0 Å². The van der Waals surface area contributed by atoms with Crippen molar-refractivity contribution in [3.63, 3.8) is 0 Å². The molecule has 0 aromatic heterocycles. The van der Waals surface area contributed by atoms with Crippen LogP contribution < -0.4 is 5.73 Å². The van der Waals surface area contributed by atoms with E-state index in [-0.39, 0.29) is 0 Å². The van der Waals surface area contributed by atoms with E-state index in [1.807, 2.05) is 6.92 Å². The van der Waals surface area contributed by atoms with Gasteiger partial charge in [0.15, 0.2) is 0 Å². The highest BCUT2D eigenvalue weighted by atomic mass is 16.5. The molecular weight excluding hydrogens is 114 g/mol. The molecule has 2 heteroatoms. The van der Waals surface area contributed by atoms with Gasteiger partial charge in [-0.2, -0.15) is 0 Å². The highest BCUT2D eigenvalue weighted by molar-refractivity contribution is 4.58. The molecule has 2 N–H and O–H groups in total. The summed E-state index contributed by atoms with van der Waals surface area (Å²) >= 11 is 0. The second-order valence-corrected chi connectivity index (χ2v) is 2.77. The Hall–Kier alpha value is -0.0800. The SMILES string of the molecule is COCC(C)CC(C)N. The summed E-state index contributed by atoms with van der Waals surface area (Å²) in [6, 6.07) is 0.301. The van der Waals surface area contributed by atoms with Gasteiger partial charge in [0.1, 0.15) is 0 Å². The first-order valence-corrected chi connectivity index (χ1v) is 3.41. The Labute approximate surface area is 57.4 Å². The van der Waals surface area contributed by atoms with Crippen molar-refractivity contribution in [2.45, 2.75) is 26.3 Å². The molecule has 0 heterocycles. The van der Waals surface area contributed by atoms with E-state index in [0.29, 0.717) is 12.0 Å². The molecule has 0 amide bonds. The number of methoxy groups -OCH3 is 1. The number of nitrogens with two attached hydrogens (primary N) is 1. The summed E-state index contributed by atoms with van der Waals surface area (Å²) in [7, 11) is 1.72. The summed E-state index contributed by atoms with van der Waals surface area (Å²) in [5, 5.41) is 0. The fourth-order valence-corrected chi connectivity index (χ4v) is 0.987. The van der Waals surface area contributed by atoms with Crippen molar-refractivity contribution in [2.24, 2.45) is 11.7 Å². The van der Waals surface area contributed by atoms with Gasteiger partial charge in [-0.25, -0.2) is 0 Å². The average Bonchev–Trinajstić information content (AvgIpc) is 1.63. The van der Waals surface area contributed by atoms with Crippen LogP contribution in [0.5, 0.6) is 0 Å². The normalized spacial score (nSPS) is 17.3. The Morgan fingerprint density at radius 3 is 2.33 bits per heavy atom. The Kier molecular flexibility index (Phi) is 4.72. The maximum atomic E-state index is 5.57. The van der Waals surface area contributed by atoms with Crippen LogP contribution in [0.3, 0.4) is 0 Å². The van der Waals surface area contributed by atoms with Crippen molar-refractivity contribution >= 4 is 0 Å². The number of hydrogen-bond acceptors (Lipinski definition) is 2. The molecule has 0 aliphatic carbocycles. The van der Waals surface area contributed by atoms with Crippen molar-refractivity contribution < 1.29 is 4.74 Å². The Balaban J connectivity index is 3.15. The molecule has 0 saturated heterocycles. The first-order valence-electron chi connectivity index (χ1n) is 3.41. The highest BCUT2D eigenvalue weighted by Crippen LogP contribution is 2.03. The summed E-state index contributed by atoms with van der Waals surface area (Å²) in [6.07, 6.45) is 1.05. The molecule has 0 spiro atoms. The van der Waals surface area contributed by atoms with Crippen LogP contribution >= 0.6 is 0 Å². The second-order valence-electron chi connectivity index (χ2n) is 2.77. The van der Waals surface area contributed by atoms with E-state index in [1.165, 1.54) is 0 Å². The molecule has 0 aliphatic rings. The van der Waals surface area contributed by atoms with Crippen molar-refractivity contribution in [2.75, 3.05) is 13.7 Å². The minimum atomic E-state index is 0.301. The van der Waals surface area contributed by atoms with E-state index >= 15 is 0 Å². The maximum absolute atomic E-state index is 5.57. The van der Waals surface area contributed by atoms with Crippen LogP contribution in [-0.2, 0) is 4.74 Å². The minimum absolute atomic E-state index is 0.301. The zero-order valence-electron chi connectivity index (χ0n) is 6.55. The van der Waals surface area contributed by atoms with Gasteiger partial charge >= 0.3 is 0 Å². The van der Waals surface area contributed by atoms with Gasteiger partial charge in [0, 0.05) is 19.8 Å². The first-order chi connectivity index (χ1) is 4.16. The predicted molar refractivity (Wildman–Crippen MR) is 39.3 cm³/mol. The fourth-order valence-electron chi connectivity index (χ4n) is 0.987. The zero-order chi connectivity index (χ0) is 7.28. The van der Waals surface area contributed by atoms with E-state index in [4.69, 9.17) is 10.5 Å². The number of hydrogen-bond donors (Lipinski definition) is 1. The van der Waals surface area contributed by atoms with Crippen LogP contribution in [0.4, 0.5) is 0 Å². The summed E-state index contributed by atoms with van der Waals surface area (Å²) in [5.74, 6) is 0.593. The van der Waals surface area contributed by atoms with Crippen LogP contribution in [0.15, 0.2) is 0 Å². The summed E-state index contributed by atoms with van der Waals surface area (Å²) in [4.78, 5) is 0. The van der Waals surface area contributed by atoms with Gasteiger partial charge in [0.05, 0.1) is 0 Å². The summed E-state index contributed by atoms with van der Waals surface area (Å²) in [5.41, 5.74) is 5.57. The van der Waals surface area contributed by atoms with Crippen molar-refractivity contribution in [1.82, 2.24) is 0 Å². The molecule has 0 rings (SSSR count). The van der Waals surface area contributed by atoms with Crippen LogP contribution in [0.25, 0.3) is 0 Å². The van der Waals surface area contributed by atoms with Gasteiger partial charge in [-0.15, -0.1) is 0 Å². The predicted octanol–water partition coefficient (Wildman–Crippen LogP) is 1.01. The lowest BCUT2D eigenvalue weighted by Gasteiger charge is -2.11. The molecule has 0 radical (unpaired) electrons. The van der Waals surface area contributed by atoms with E-state index < -0.39 is 0 Å².